The number of carbonyl (C=O) groups excluding carboxylic acids is 9. The minimum atomic E-state index is -1.94. The summed E-state index contributed by atoms with van der Waals surface area (Å²) < 4.78 is 0. The molecule has 0 saturated heterocycles. The molecular formula is C64H78N12O13S2. The number of hydrogen-bond acceptors (Lipinski definition) is 16. The molecule has 0 aliphatic rings. The number of fused-ring (bicyclic) bond motifs is 1. The van der Waals surface area contributed by atoms with Crippen molar-refractivity contribution in [3.8, 4) is 5.75 Å². The van der Waals surface area contributed by atoms with Crippen LogP contribution < -0.4 is 54.0 Å². The van der Waals surface area contributed by atoms with Crippen LogP contribution in [0.15, 0.2) is 146 Å². The monoisotopic (exact) mass is 1290 g/mol. The Morgan fingerprint density at radius 3 is 1.54 bits per heavy atom. The zero-order chi connectivity index (χ0) is 66.1. The number of nitrogens with one attached hydrogen (secondary N) is 9. The Labute approximate surface area is 536 Å². The lowest BCUT2D eigenvalue weighted by Gasteiger charge is -2.32. The largest absolute Gasteiger partial charge is 0.508 e. The lowest BCUT2D eigenvalue weighted by atomic mass is 10.0. The number of carboxylic acid groups (broad SMARTS) is 1. The number of aromatic nitrogens is 1. The number of nitrogens with two attached hydrogens (primary N) is 2. The summed E-state index contributed by atoms with van der Waals surface area (Å²) in [6.07, 6.45) is -1.97. The van der Waals surface area contributed by atoms with Crippen molar-refractivity contribution in [1.29, 1.82) is 0 Å². The number of para-hydroxylation sites is 1. The van der Waals surface area contributed by atoms with E-state index in [9.17, 15) is 53.7 Å². The number of aromatic hydroxyl groups is 1. The van der Waals surface area contributed by atoms with Crippen molar-refractivity contribution in [2.45, 2.75) is 112 Å². The van der Waals surface area contributed by atoms with Crippen molar-refractivity contribution in [3.63, 3.8) is 0 Å². The normalized spacial score (nSPS) is 14.4. The molecule has 0 spiro atoms. The number of aliphatic hydroxyl groups is 1. The van der Waals surface area contributed by atoms with E-state index in [-0.39, 0.29) is 67.9 Å². The number of aliphatic carboxylic acids is 1. The second-order valence-electron chi connectivity index (χ2n) is 21.7. The first kappa shape index (κ1) is 70.8. The van der Waals surface area contributed by atoms with Gasteiger partial charge in [-0.2, -0.15) is 25.3 Å². The van der Waals surface area contributed by atoms with Crippen LogP contribution in [0.3, 0.4) is 0 Å². The zero-order valence-electron chi connectivity index (χ0n) is 50.1. The summed E-state index contributed by atoms with van der Waals surface area (Å²) in [6.45, 7) is 1.39. The predicted octanol–water partition coefficient (Wildman–Crippen LogP) is 0.534. The first-order chi connectivity index (χ1) is 43.6. The van der Waals surface area contributed by atoms with E-state index in [4.69, 9.17) is 11.5 Å². The number of nitrogens with zero attached hydrogens (tertiary/aromatic N) is 1. The molecule has 0 radical (unpaired) electrons. The summed E-state index contributed by atoms with van der Waals surface area (Å²) in [7, 11) is 1.24. The van der Waals surface area contributed by atoms with Gasteiger partial charge in [0.1, 0.15) is 48.0 Å². The highest BCUT2D eigenvalue weighted by atomic mass is 32.1. The molecular weight excluding hydrogens is 1210 g/mol. The first-order valence-corrected chi connectivity index (χ1v) is 30.6. The van der Waals surface area contributed by atoms with E-state index < -0.39 is 120 Å². The number of aromatic amines is 1. The third-order valence-electron chi connectivity index (χ3n) is 14.8. The molecule has 91 heavy (non-hydrogen) atoms. The maximum Gasteiger partial charge on any atom is 0.327 e. The second-order valence-corrected chi connectivity index (χ2v) is 22.4. The lowest BCUT2D eigenvalue weighted by Crippen LogP contribution is -2.64. The highest BCUT2D eigenvalue weighted by Crippen LogP contribution is 2.21. The molecule has 0 fully saturated rings. The molecule has 5 aromatic carbocycles. The molecule has 1 aromatic heterocycles. The number of H-pyrrole nitrogens is 1. The van der Waals surface area contributed by atoms with E-state index in [0.717, 1.165) is 4.90 Å². The van der Waals surface area contributed by atoms with Crippen molar-refractivity contribution >= 4 is 95.3 Å². The highest BCUT2D eigenvalue weighted by molar-refractivity contribution is 7.80. The third kappa shape index (κ3) is 21.2. The van der Waals surface area contributed by atoms with E-state index in [1.807, 2.05) is 0 Å². The van der Waals surface area contributed by atoms with Crippen LogP contribution in [0.5, 0.6) is 5.75 Å². The number of phenols is 1. The molecule has 6 aromatic rings. The molecule has 0 bridgehead atoms. The number of unbranched alkanes of at least 4 members (excludes halogenated alkanes) is 1. The number of thiol groups is 2. The summed E-state index contributed by atoms with van der Waals surface area (Å²) in [5.74, 6) is -10.2. The van der Waals surface area contributed by atoms with Gasteiger partial charge in [-0.1, -0.05) is 109 Å². The molecule has 0 saturated carbocycles. The van der Waals surface area contributed by atoms with Crippen LogP contribution in [0.2, 0.25) is 0 Å². The number of rotatable bonds is 34. The number of aliphatic hydroxyl groups excluding tert-OH is 1. The van der Waals surface area contributed by atoms with Gasteiger partial charge in [-0.25, -0.2) is 4.79 Å². The summed E-state index contributed by atoms with van der Waals surface area (Å²) in [5, 5.41) is 51.8. The molecule has 27 heteroatoms. The van der Waals surface area contributed by atoms with Gasteiger partial charge in [0.25, 0.3) is 11.8 Å². The van der Waals surface area contributed by atoms with Gasteiger partial charge in [-0.3, -0.25) is 43.2 Å². The quantitative estimate of drug-likeness (QED) is 0.0149. The van der Waals surface area contributed by atoms with Crippen molar-refractivity contribution in [3.05, 3.63) is 174 Å². The average molecular weight is 1290 g/mol. The Balaban J connectivity index is 1.31. The number of benzene rings is 5. The van der Waals surface area contributed by atoms with Crippen LogP contribution in [0.1, 0.15) is 58.8 Å². The third-order valence-corrected chi connectivity index (χ3v) is 15.5. The number of phenolic OH excluding ortho intramolecular Hbond substituents is 1. The Kier molecular flexibility index (Phi) is 27.4. The fraction of sp³-hybridized carbons (Fsp3) is 0.344. The van der Waals surface area contributed by atoms with Crippen molar-refractivity contribution in [2.75, 3.05) is 25.1 Å². The Hall–Kier alpha value is -9.28. The molecule has 0 aliphatic carbocycles. The van der Waals surface area contributed by atoms with Gasteiger partial charge < -0.3 is 79.2 Å². The molecule has 484 valence electrons. The van der Waals surface area contributed by atoms with Crippen LogP contribution in [0.25, 0.3) is 10.9 Å². The minimum absolute atomic E-state index is 0.0128. The van der Waals surface area contributed by atoms with Crippen LogP contribution in [0.4, 0.5) is 0 Å². The molecule has 25 nitrogen and oxygen atoms in total. The first-order valence-electron chi connectivity index (χ1n) is 29.3. The van der Waals surface area contributed by atoms with Gasteiger partial charge in [0.05, 0.1) is 12.1 Å². The van der Waals surface area contributed by atoms with Crippen LogP contribution >= 0.6 is 25.3 Å². The second kappa shape index (κ2) is 35.2. The Bertz CT molecular complexity index is 3440. The molecule has 16 N–H and O–H groups in total. The molecule has 9 amide bonds. The van der Waals surface area contributed by atoms with E-state index in [1.54, 1.807) is 121 Å². The topological polar surface area (TPSA) is 399 Å². The summed E-state index contributed by atoms with van der Waals surface area (Å²) >= 11 is 8.35. The number of likely N-dealkylation sites (N-methyl/N-ethyl adjacent to an activating group) is 1. The van der Waals surface area contributed by atoms with Gasteiger partial charge in [-0.15, -0.1) is 0 Å². The Morgan fingerprint density at radius 1 is 0.516 bits per heavy atom. The summed E-state index contributed by atoms with van der Waals surface area (Å²) in [6, 6.07) is 26.2. The van der Waals surface area contributed by atoms with Crippen molar-refractivity contribution in [1.82, 2.24) is 52.4 Å². The molecule has 1 heterocycles. The maximum atomic E-state index is 15.2. The SMILES string of the molecule is C[C@@H](O)[C@H](NC(=O)[C@H](CCCCN)NC(=O)[C@H](Cc1c[nH]c2ccccc12)NC(=O)[C@H](NC(=O)[C@H](Cc1ccccc1)NC(=O)[C@H](CS)NC(=O)[C@@H](N)Cc1ccc(O)cc1)N(C)C(=O)c1ccccc1)C(=O)N[C@@H](Cc1ccccc1)C(=O)N[C@@H](CS)C(=O)O. The number of amides is 9. The lowest BCUT2D eigenvalue weighted by molar-refractivity contribution is -0.141. The van der Waals surface area contributed by atoms with E-state index in [1.165, 1.54) is 38.2 Å². The molecule has 10 atom stereocenters. The molecule has 6 rings (SSSR count). The van der Waals surface area contributed by atoms with E-state index in [0.29, 0.717) is 39.6 Å². The fourth-order valence-corrected chi connectivity index (χ4v) is 10.2. The molecule has 0 aliphatic heterocycles. The predicted molar refractivity (Wildman–Crippen MR) is 346 cm³/mol. The zero-order valence-corrected chi connectivity index (χ0v) is 51.9. The van der Waals surface area contributed by atoms with Gasteiger partial charge in [0, 0.05) is 60.5 Å². The van der Waals surface area contributed by atoms with E-state index >= 15 is 9.59 Å². The van der Waals surface area contributed by atoms with Gasteiger partial charge in [0.15, 0.2) is 6.17 Å². The van der Waals surface area contributed by atoms with Gasteiger partial charge in [-0.05, 0) is 91.7 Å². The number of carboxylic acids is 1. The fourth-order valence-electron chi connectivity index (χ4n) is 9.71. The van der Waals surface area contributed by atoms with Crippen LogP contribution in [-0.4, -0.2) is 170 Å². The van der Waals surface area contributed by atoms with Gasteiger partial charge in [0.2, 0.25) is 41.4 Å². The highest BCUT2D eigenvalue weighted by Gasteiger charge is 2.38. The number of carbonyl (C=O) groups is 10. The van der Waals surface area contributed by atoms with Crippen molar-refractivity contribution < 1.29 is 63.3 Å². The number of hydrogen-bond donors (Lipinski definition) is 16. The standard InChI is InChI=1S/C64H78N12O13S2/c1-37(77)53(61(85)70-48(31-38-16-6-3-7-17-38)57(81)73-52(36-91)64(88)89)74-56(80)47(24-14-15-29-65)68-58(82)50(33-42-34-67-46-23-13-12-22-44(42)46)71-62(86)54(76(2)63(87)41-20-10-5-11-21-41)75-59(83)49(32-39-18-8-4-9-19-39)69-60(84)51(35-90)72-55(79)45(66)30-40-25-27-43(78)28-26-40/h3-13,16-23,25-28,34,37,45,47-54,67,77-78,90-91H,14-15,24,29-33,35-36,65-66H2,1-2H3,(H,68,82)(H,69,84)(H,70,85)(H,71,86)(H,72,79)(H,73,81)(H,74,80)(H,75,83)(H,88,89)/t37-,45+,47+,48+,49+,50+,51+,52+,53+,54-/m1/s1. The maximum absolute atomic E-state index is 15.2. The average Bonchev–Trinajstić information content (AvgIpc) is 3.40. The van der Waals surface area contributed by atoms with Crippen LogP contribution in [0, 0.1) is 0 Å². The smallest absolute Gasteiger partial charge is 0.327 e. The van der Waals surface area contributed by atoms with Gasteiger partial charge >= 0.3 is 5.97 Å². The van der Waals surface area contributed by atoms with Crippen LogP contribution in [-0.2, 0) is 68.8 Å². The molecule has 0 unspecified atom stereocenters. The van der Waals surface area contributed by atoms with Crippen molar-refractivity contribution in [2.24, 2.45) is 11.5 Å². The minimum Gasteiger partial charge on any atom is -0.508 e. The Morgan fingerprint density at radius 2 is 0.978 bits per heavy atom. The summed E-state index contributed by atoms with van der Waals surface area (Å²) in [4.78, 5) is 145. The van der Waals surface area contributed by atoms with E-state index in [2.05, 4.69) is 72.8 Å². The summed E-state index contributed by atoms with van der Waals surface area (Å²) in [5.41, 5.74) is 15.1.